The number of rotatable bonds is 4. The van der Waals surface area contributed by atoms with Crippen LogP contribution in [0.3, 0.4) is 0 Å². The Labute approximate surface area is 147 Å². The Morgan fingerprint density at radius 3 is 2.88 bits per heavy atom. The first kappa shape index (κ1) is 18.7. The number of nitrogens with zero attached hydrogens (tertiary/aromatic N) is 2. The molecule has 1 aliphatic rings. The maximum atomic E-state index is 13.3. The summed E-state index contributed by atoms with van der Waals surface area (Å²) in [4.78, 5) is 16.6. The summed E-state index contributed by atoms with van der Waals surface area (Å²) >= 11 is 0. The van der Waals surface area contributed by atoms with Crippen LogP contribution in [-0.4, -0.2) is 28.5 Å². The van der Waals surface area contributed by atoms with Crippen molar-refractivity contribution in [3.63, 3.8) is 0 Å². The van der Waals surface area contributed by atoms with E-state index in [1.54, 1.807) is 10.6 Å². The maximum Gasteiger partial charge on any atom is 0.226 e. The minimum Gasteiger partial charge on any atom is -0.317 e. The molecule has 1 amide bonds. The van der Waals surface area contributed by atoms with Gasteiger partial charge in [-0.05, 0) is 49.9 Å². The molecule has 132 valence electrons. The molecule has 2 heterocycles. The van der Waals surface area contributed by atoms with E-state index in [9.17, 15) is 9.18 Å². The quantitative estimate of drug-likeness (QED) is 0.887. The number of carbonyl (C=O) groups excluding carboxylic acids is 1. The topological polar surface area (TPSA) is 59.0 Å². The van der Waals surface area contributed by atoms with E-state index in [0.717, 1.165) is 31.4 Å². The zero-order chi connectivity index (χ0) is 16.4. The molecule has 0 radical (unpaired) electrons. The van der Waals surface area contributed by atoms with E-state index in [-0.39, 0.29) is 24.1 Å². The lowest BCUT2D eigenvalue weighted by Gasteiger charge is -2.27. The molecule has 1 aliphatic heterocycles. The van der Waals surface area contributed by atoms with Gasteiger partial charge in [0.2, 0.25) is 11.9 Å². The maximum absolute atomic E-state index is 13.3. The van der Waals surface area contributed by atoms with Crippen LogP contribution in [0.1, 0.15) is 26.2 Å². The Hall–Kier alpha value is -1.66. The molecule has 2 N–H and O–H groups in total. The number of anilines is 1. The van der Waals surface area contributed by atoms with Crippen LogP contribution in [0.15, 0.2) is 18.2 Å². The van der Waals surface area contributed by atoms with Gasteiger partial charge in [-0.1, -0.05) is 6.92 Å². The summed E-state index contributed by atoms with van der Waals surface area (Å²) in [7, 11) is 1.82. The van der Waals surface area contributed by atoms with Gasteiger partial charge in [-0.25, -0.2) is 9.37 Å². The van der Waals surface area contributed by atoms with E-state index in [2.05, 4.69) is 22.5 Å². The standard InChI is InChI=1S/C17H23FN4O.ClH/c1-11(12-5-7-19-8-6-12)9-16(23)21-17-20-14-10-13(18)3-4-15(14)22(17)2;/h3-4,10-12,19H,5-9H2,1-2H3,(H,20,21,23);1H. The highest BCUT2D eigenvalue weighted by Gasteiger charge is 2.22. The number of carbonyl (C=O) groups is 1. The average molecular weight is 355 g/mol. The number of amides is 1. The van der Waals surface area contributed by atoms with E-state index in [1.165, 1.54) is 12.1 Å². The van der Waals surface area contributed by atoms with E-state index >= 15 is 0 Å². The number of halogens is 2. The van der Waals surface area contributed by atoms with Gasteiger partial charge in [0.1, 0.15) is 5.82 Å². The smallest absolute Gasteiger partial charge is 0.226 e. The lowest BCUT2D eigenvalue weighted by atomic mass is 9.84. The van der Waals surface area contributed by atoms with Crippen molar-refractivity contribution in [1.82, 2.24) is 14.9 Å². The lowest BCUT2D eigenvalue weighted by molar-refractivity contribution is -0.117. The van der Waals surface area contributed by atoms with E-state index in [0.29, 0.717) is 29.7 Å². The molecule has 1 saturated heterocycles. The first-order chi connectivity index (χ1) is 11.0. The van der Waals surface area contributed by atoms with Crippen LogP contribution in [0.5, 0.6) is 0 Å². The highest BCUT2D eigenvalue weighted by atomic mass is 35.5. The third kappa shape index (κ3) is 4.05. The Balaban J connectivity index is 0.00000208. The summed E-state index contributed by atoms with van der Waals surface area (Å²) in [6, 6.07) is 4.45. The number of imidazole rings is 1. The van der Waals surface area contributed by atoms with Crippen molar-refractivity contribution in [2.75, 3.05) is 18.4 Å². The predicted molar refractivity (Wildman–Crippen MR) is 95.9 cm³/mol. The fourth-order valence-corrected chi connectivity index (χ4v) is 3.33. The van der Waals surface area contributed by atoms with E-state index in [4.69, 9.17) is 0 Å². The SMILES string of the molecule is CC(CC(=O)Nc1nc2cc(F)ccc2n1C)C1CCNCC1.Cl. The monoisotopic (exact) mass is 354 g/mol. The summed E-state index contributed by atoms with van der Waals surface area (Å²) in [5.74, 6) is 1.05. The molecule has 2 aromatic rings. The number of benzene rings is 1. The minimum atomic E-state index is -0.326. The Morgan fingerprint density at radius 2 is 2.17 bits per heavy atom. The summed E-state index contributed by atoms with van der Waals surface area (Å²) in [6.07, 6.45) is 2.74. The summed E-state index contributed by atoms with van der Waals surface area (Å²) in [6.45, 7) is 4.21. The third-order valence-electron chi connectivity index (χ3n) is 4.79. The molecular formula is C17H24ClFN4O. The zero-order valence-corrected chi connectivity index (χ0v) is 14.8. The second kappa shape index (κ2) is 7.94. The fraction of sp³-hybridized carbons (Fsp3) is 0.529. The molecule has 1 aromatic heterocycles. The molecule has 24 heavy (non-hydrogen) atoms. The Bertz CT molecular complexity index is 712. The molecule has 0 saturated carbocycles. The lowest BCUT2D eigenvalue weighted by Crippen LogP contribution is -2.32. The first-order valence-corrected chi connectivity index (χ1v) is 8.17. The molecule has 3 rings (SSSR count). The van der Waals surface area contributed by atoms with Crippen molar-refractivity contribution in [2.45, 2.75) is 26.2 Å². The minimum absolute atomic E-state index is 0. The molecule has 0 spiro atoms. The van der Waals surface area contributed by atoms with Gasteiger partial charge in [0, 0.05) is 19.5 Å². The fourth-order valence-electron chi connectivity index (χ4n) is 3.33. The molecule has 1 unspecified atom stereocenters. The number of nitrogens with one attached hydrogen (secondary N) is 2. The highest BCUT2D eigenvalue weighted by molar-refractivity contribution is 5.91. The zero-order valence-electron chi connectivity index (χ0n) is 14.0. The molecule has 0 bridgehead atoms. The number of fused-ring (bicyclic) bond motifs is 1. The third-order valence-corrected chi connectivity index (χ3v) is 4.79. The van der Waals surface area contributed by atoms with Crippen molar-refractivity contribution in [1.29, 1.82) is 0 Å². The second-order valence-electron chi connectivity index (χ2n) is 6.44. The van der Waals surface area contributed by atoms with Crippen molar-refractivity contribution >= 4 is 35.3 Å². The van der Waals surface area contributed by atoms with Gasteiger partial charge >= 0.3 is 0 Å². The Kier molecular flexibility index (Phi) is 6.18. The number of aromatic nitrogens is 2. The number of piperidine rings is 1. The van der Waals surface area contributed by atoms with E-state index < -0.39 is 0 Å². The van der Waals surface area contributed by atoms with Gasteiger partial charge in [0.15, 0.2) is 0 Å². The largest absolute Gasteiger partial charge is 0.317 e. The van der Waals surface area contributed by atoms with Crippen LogP contribution in [0.25, 0.3) is 11.0 Å². The Morgan fingerprint density at radius 1 is 1.46 bits per heavy atom. The van der Waals surface area contributed by atoms with Crippen LogP contribution >= 0.6 is 12.4 Å². The second-order valence-corrected chi connectivity index (χ2v) is 6.44. The molecule has 1 aromatic carbocycles. The van der Waals surface area contributed by atoms with Gasteiger partial charge in [0.05, 0.1) is 11.0 Å². The number of hydrogen-bond acceptors (Lipinski definition) is 3. The summed E-state index contributed by atoms with van der Waals surface area (Å²) in [5.41, 5.74) is 1.35. The van der Waals surface area contributed by atoms with Gasteiger partial charge in [-0.2, -0.15) is 0 Å². The highest BCUT2D eigenvalue weighted by Crippen LogP contribution is 2.25. The predicted octanol–water partition coefficient (Wildman–Crippen LogP) is 3.10. The molecule has 0 aliphatic carbocycles. The molecule has 1 fully saturated rings. The normalized spacial score (nSPS) is 16.6. The molecule has 7 heteroatoms. The van der Waals surface area contributed by atoms with Crippen molar-refractivity contribution < 1.29 is 9.18 Å². The number of hydrogen-bond donors (Lipinski definition) is 2. The van der Waals surface area contributed by atoms with Crippen LogP contribution in [0.2, 0.25) is 0 Å². The van der Waals surface area contributed by atoms with Gasteiger partial charge in [-0.3, -0.25) is 10.1 Å². The van der Waals surface area contributed by atoms with Crippen molar-refractivity contribution in [3.05, 3.63) is 24.0 Å². The van der Waals surface area contributed by atoms with Crippen molar-refractivity contribution in [3.8, 4) is 0 Å². The van der Waals surface area contributed by atoms with Gasteiger partial charge in [0.25, 0.3) is 0 Å². The first-order valence-electron chi connectivity index (χ1n) is 8.17. The van der Waals surface area contributed by atoms with Crippen LogP contribution < -0.4 is 10.6 Å². The summed E-state index contributed by atoms with van der Waals surface area (Å²) in [5, 5.41) is 6.21. The number of aryl methyl sites for hydroxylation is 1. The molecule has 1 atom stereocenters. The van der Waals surface area contributed by atoms with Crippen LogP contribution in [0.4, 0.5) is 10.3 Å². The molecule has 5 nitrogen and oxygen atoms in total. The van der Waals surface area contributed by atoms with Crippen molar-refractivity contribution in [2.24, 2.45) is 18.9 Å². The van der Waals surface area contributed by atoms with Crippen LogP contribution in [-0.2, 0) is 11.8 Å². The van der Waals surface area contributed by atoms with E-state index in [1.807, 2.05) is 7.05 Å². The van der Waals surface area contributed by atoms with Crippen LogP contribution in [0, 0.1) is 17.7 Å². The van der Waals surface area contributed by atoms with Gasteiger partial charge in [-0.15, -0.1) is 12.4 Å². The molecular weight excluding hydrogens is 331 g/mol. The summed E-state index contributed by atoms with van der Waals surface area (Å²) < 4.78 is 15.1. The van der Waals surface area contributed by atoms with Gasteiger partial charge < -0.3 is 9.88 Å². The average Bonchev–Trinajstić information content (AvgIpc) is 2.83.